The molecule has 1 N–H and O–H groups in total. The lowest BCUT2D eigenvalue weighted by molar-refractivity contribution is -0.218. The molecule has 2 aliphatic carbocycles. The van der Waals surface area contributed by atoms with Gasteiger partial charge in [-0.3, -0.25) is 9.59 Å². The topological polar surface area (TPSA) is 101 Å². The Hall–Kier alpha value is -1.26. The maximum absolute atomic E-state index is 12.2. The highest BCUT2D eigenvalue weighted by Crippen LogP contribution is 2.68. The third kappa shape index (κ3) is 3.99. The third-order valence-corrected chi connectivity index (χ3v) is 9.86. The van der Waals surface area contributed by atoms with Crippen molar-refractivity contribution < 1.29 is 38.4 Å². The van der Waals surface area contributed by atoms with Gasteiger partial charge in [-0.05, 0) is 11.6 Å². The minimum absolute atomic E-state index is 0.261. The highest BCUT2D eigenvalue weighted by Gasteiger charge is 2.76. The third-order valence-electron chi connectivity index (χ3n) is 8.16. The zero-order chi connectivity index (χ0) is 24.3. The Morgan fingerprint density at radius 1 is 1.12 bits per heavy atom. The van der Waals surface area contributed by atoms with Crippen molar-refractivity contribution >= 4 is 20.0 Å². The van der Waals surface area contributed by atoms with Crippen molar-refractivity contribution in [3.8, 4) is 0 Å². The van der Waals surface area contributed by atoms with E-state index < -0.39 is 61.5 Å². The standard InChI is InChI=1S/C24H38O8Si/c1-13-18-22(28-8-9-33(5,6)7)30-12-24(18)17(32-15(3)26)10-16(31-14(2)25)23(4)11-29-20(19(13)27)21(23)24/h16-22,27H,1,8-12H2,2-7H3/t16-,17+,18-,19+,20+,21+,22+,23-,24-/m1/s1. The van der Waals surface area contributed by atoms with E-state index in [1.54, 1.807) is 0 Å². The Kier molecular flexibility index (Phi) is 6.36. The van der Waals surface area contributed by atoms with Gasteiger partial charge < -0.3 is 28.8 Å². The lowest BCUT2D eigenvalue weighted by Crippen LogP contribution is -2.68. The number of carbonyl (C=O) groups excluding carboxylic acids is 2. The summed E-state index contributed by atoms with van der Waals surface area (Å²) in [6.45, 7) is 17.1. The Labute approximate surface area is 196 Å². The van der Waals surface area contributed by atoms with Gasteiger partial charge in [-0.25, -0.2) is 0 Å². The molecule has 0 radical (unpaired) electrons. The first-order valence-corrected chi connectivity index (χ1v) is 15.6. The van der Waals surface area contributed by atoms with Crippen molar-refractivity contribution in [2.75, 3.05) is 19.8 Å². The highest BCUT2D eigenvalue weighted by atomic mass is 28.3. The van der Waals surface area contributed by atoms with Gasteiger partial charge in [0.15, 0.2) is 6.29 Å². The summed E-state index contributed by atoms with van der Waals surface area (Å²) in [5, 5.41) is 11.2. The van der Waals surface area contributed by atoms with Crippen LogP contribution in [0.5, 0.6) is 0 Å². The summed E-state index contributed by atoms with van der Waals surface area (Å²) < 4.78 is 30.3. The van der Waals surface area contributed by atoms with Crippen LogP contribution in [-0.2, 0) is 33.3 Å². The number of aliphatic hydroxyl groups is 1. The molecule has 4 rings (SSSR count). The molecule has 33 heavy (non-hydrogen) atoms. The van der Waals surface area contributed by atoms with Crippen LogP contribution in [0.1, 0.15) is 27.2 Å². The molecule has 4 fully saturated rings. The van der Waals surface area contributed by atoms with Crippen LogP contribution in [0.15, 0.2) is 12.2 Å². The van der Waals surface area contributed by atoms with E-state index in [2.05, 4.69) is 26.2 Å². The van der Waals surface area contributed by atoms with Crippen LogP contribution in [0.3, 0.4) is 0 Å². The molecule has 0 unspecified atom stereocenters. The zero-order valence-electron chi connectivity index (χ0n) is 20.6. The molecule has 4 aliphatic rings. The summed E-state index contributed by atoms with van der Waals surface area (Å²) in [5.41, 5.74) is -0.652. The predicted molar refractivity (Wildman–Crippen MR) is 122 cm³/mol. The lowest BCUT2D eigenvalue weighted by atomic mass is 9.45. The lowest BCUT2D eigenvalue weighted by Gasteiger charge is -2.60. The Balaban J connectivity index is 1.75. The first-order chi connectivity index (χ1) is 15.3. The zero-order valence-corrected chi connectivity index (χ0v) is 21.6. The van der Waals surface area contributed by atoms with E-state index >= 15 is 0 Å². The monoisotopic (exact) mass is 482 g/mol. The molecule has 8 nitrogen and oxygen atoms in total. The van der Waals surface area contributed by atoms with Crippen molar-refractivity contribution in [2.45, 2.75) is 83.6 Å². The number of aliphatic hydroxyl groups excluding tert-OH is 1. The van der Waals surface area contributed by atoms with Crippen LogP contribution >= 0.6 is 0 Å². The van der Waals surface area contributed by atoms with Gasteiger partial charge in [0.05, 0.1) is 19.3 Å². The molecule has 0 aromatic carbocycles. The van der Waals surface area contributed by atoms with E-state index in [-0.39, 0.29) is 11.8 Å². The second kappa shape index (κ2) is 8.44. The first kappa shape index (κ1) is 24.8. The average Bonchev–Trinajstić information content (AvgIpc) is 3.23. The van der Waals surface area contributed by atoms with Crippen LogP contribution in [0.25, 0.3) is 0 Å². The smallest absolute Gasteiger partial charge is 0.302 e. The maximum atomic E-state index is 12.2. The molecular weight excluding hydrogens is 444 g/mol. The van der Waals surface area contributed by atoms with Gasteiger partial charge in [0.2, 0.25) is 0 Å². The molecule has 186 valence electrons. The molecule has 1 spiro atoms. The van der Waals surface area contributed by atoms with Crippen molar-refractivity contribution in [3.63, 3.8) is 0 Å². The van der Waals surface area contributed by atoms with Gasteiger partial charge in [-0.2, -0.15) is 0 Å². The molecule has 0 bridgehead atoms. The fourth-order valence-electron chi connectivity index (χ4n) is 6.73. The van der Waals surface area contributed by atoms with Crippen molar-refractivity contribution in [3.05, 3.63) is 12.2 Å². The van der Waals surface area contributed by atoms with Gasteiger partial charge in [-0.1, -0.05) is 33.1 Å². The first-order valence-electron chi connectivity index (χ1n) is 11.9. The molecule has 2 saturated carbocycles. The van der Waals surface area contributed by atoms with E-state index in [1.165, 1.54) is 13.8 Å². The largest absolute Gasteiger partial charge is 0.462 e. The van der Waals surface area contributed by atoms with Crippen LogP contribution in [-0.4, -0.2) is 75.6 Å². The van der Waals surface area contributed by atoms with Gasteiger partial charge in [0.25, 0.3) is 0 Å². The molecule has 0 aromatic rings. The molecule has 0 amide bonds. The minimum Gasteiger partial charge on any atom is -0.462 e. The SMILES string of the molecule is C=C1[C@@H]2[C@@H](OCC[Si](C)(C)C)OC[C@@]23[C@@H](OC(C)=O)C[C@@H](OC(C)=O)[C@@]2(C)CO[C@@H]([C@H]1O)[C@@H]23. The Bertz CT molecular complexity index is 824. The number of hydrogen-bond donors (Lipinski definition) is 1. The number of hydrogen-bond acceptors (Lipinski definition) is 8. The number of carbonyl (C=O) groups is 2. The maximum Gasteiger partial charge on any atom is 0.302 e. The Morgan fingerprint density at radius 3 is 2.36 bits per heavy atom. The van der Waals surface area contributed by atoms with Crippen LogP contribution < -0.4 is 0 Å². The molecule has 2 saturated heterocycles. The fraction of sp³-hybridized carbons (Fsp3) is 0.833. The second-order valence-electron chi connectivity index (χ2n) is 11.7. The molecule has 9 heteroatoms. The summed E-state index contributed by atoms with van der Waals surface area (Å²) in [5.74, 6) is -1.43. The molecule has 2 aliphatic heterocycles. The predicted octanol–water partition coefficient (Wildman–Crippen LogP) is 2.52. The summed E-state index contributed by atoms with van der Waals surface area (Å²) in [7, 11) is -1.31. The van der Waals surface area contributed by atoms with E-state index in [4.69, 9.17) is 23.7 Å². The van der Waals surface area contributed by atoms with Gasteiger partial charge in [0.1, 0.15) is 18.3 Å². The van der Waals surface area contributed by atoms with E-state index in [0.29, 0.717) is 31.8 Å². The average molecular weight is 483 g/mol. The summed E-state index contributed by atoms with van der Waals surface area (Å²) in [4.78, 5) is 24.1. The van der Waals surface area contributed by atoms with E-state index in [0.717, 1.165) is 6.04 Å². The van der Waals surface area contributed by atoms with Gasteiger partial charge in [0, 0.05) is 57.6 Å². The molecular formula is C24H38O8Si. The van der Waals surface area contributed by atoms with Crippen LogP contribution in [0.2, 0.25) is 25.7 Å². The molecule has 9 atom stereocenters. The van der Waals surface area contributed by atoms with Crippen LogP contribution in [0, 0.1) is 22.7 Å². The van der Waals surface area contributed by atoms with Crippen molar-refractivity contribution in [2.24, 2.45) is 22.7 Å². The number of esters is 2. The van der Waals surface area contributed by atoms with E-state index in [9.17, 15) is 14.7 Å². The summed E-state index contributed by atoms with van der Waals surface area (Å²) in [6, 6.07) is 0.983. The van der Waals surface area contributed by atoms with E-state index in [1.807, 2.05) is 6.92 Å². The fourth-order valence-corrected chi connectivity index (χ4v) is 7.46. The normalized spacial score (nSPS) is 44.2. The highest BCUT2D eigenvalue weighted by molar-refractivity contribution is 6.76. The van der Waals surface area contributed by atoms with Gasteiger partial charge in [-0.15, -0.1) is 0 Å². The number of rotatable bonds is 6. The van der Waals surface area contributed by atoms with Crippen molar-refractivity contribution in [1.29, 1.82) is 0 Å². The van der Waals surface area contributed by atoms with Gasteiger partial charge >= 0.3 is 11.9 Å². The number of ether oxygens (including phenoxy) is 5. The quantitative estimate of drug-likeness (QED) is 0.350. The van der Waals surface area contributed by atoms with Crippen LogP contribution in [0.4, 0.5) is 0 Å². The van der Waals surface area contributed by atoms with Crippen molar-refractivity contribution in [1.82, 2.24) is 0 Å². The molecule has 2 heterocycles. The summed E-state index contributed by atoms with van der Waals surface area (Å²) in [6.07, 6.45) is -2.79. The Morgan fingerprint density at radius 2 is 1.76 bits per heavy atom. The second-order valence-corrected chi connectivity index (χ2v) is 17.3. The molecule has 0 aromatic heterocycles. The summed E-state index contributed by atoms with van der Waals surface area (Å²) >= 11 is 0. The minimum atomic E-state index is -1.31.